The molecule has 1 aromatic carbocycles. The summed E-state index contributed by atoms with van der Waals surface area (Å²) in [5.74, 6) is 1.17. The first-order valence-electron chi connectivity index (χ1n) is 5.80. The molecule has 2 atom stereocenters. The molecule has 1 heterocycles. The van der Waals surface area contributed by atoms with E-state index in [9.17, 15) is 4.79 Å². The Balaban J connectivity index is 2.14. The van der Waals surface area contributed by atoms with E-state index in [-0.39, 0.29) is 18.1 Å². The van der Waals surface area contributed by atoms with Crippen LogP contribution in [0, 0.1) is 0 Å². The van der Waals surface area contributed by atoms with Gasteiger partial charge in [0.15, 0.2) is 11.5 Å². The lowest BCUT2D eigenvalue weighted by molar-refractivity contribution is -0.133. The summed E-state index contributed by atoms with van der Waals surface area (Å²) in [7, 11) is 0. The molecule has 0 saturated heterocycles. The lowest BCUT2D eigenvalue weighted by Gasteiger charge is -2.31. The van der Waals surface area contributed by atoms with E-state index in [2.05, 4.69) is 5.32 Å². The van der Waals surface area contributed by atoms with Gasteiger partial charge in [0.2, 0.25) is 6.10 Å². The standard InChI is InChI=1S/C13H17NO3/c1-8(2)14-13(15)12-9(3)16-10-6-4-5-7-11(10)17-12/h4-9,12H,1-3H3,(H,14,15). The number of amides is 1. The molecule has 4 heteroatoms. The summed E-state index contributed by atoms with van der Waals surface area (Å²) >= 11 is 0. The maximum Gasteiger partial charge on any atom is 0.265 e. The van der Waals surface area contributed by atoms with Gasteiger partial charge in [0.1, 0.15) is 6.10 Å². The molecular weight excluding hydrogens is 218 g/mol. The molecule has 1 amide bonds. The fourth-order valence-corrected chi connectivity index (χ4v) is 1.77. The molecule has 2 rings (SSSR count). The van der Waals surface area contributed by atoms with Crippen LogP contribution in [0.1, 0.15) is 20.8 Å². The number of fused-ring (bicyclic) bond motifs is 1. The van der Waals surface area contributed by atoms with Gasteiger partial charge in [-0.25, -0.2) is 0 Å². The van der Waals surface area contributed by atoms with Crippen LogP contribution in [0.25, 0.3) is 0 Å². The number of para-hydroxylation sites is 2. The zero-order chi connectivity index (χ0) is 12.4. The van der Waals surface area contributed by atoms with Crippen molar-refractivity contribution in [1.82, 2.24) is 5.32 Å². The van der Waals surface area contributed by atoms with Crippen LogP contribution in [0.3, 0.4) is 0 Å². The van der Waals surface area contributed by atoms with Crippen molar-refractivity contribution in [2.24, 2.45) is 0 Å². The van der Waals surface area contributed by atoms with Gasteiger partial charge in [0, 0.05) is 6.04 Å². The van der Waals surface area contributed by atoms with Gasteiger partial charge in [-0.05, 0) is 32.9 Å². The molecular formula is C13H17NO3. The average molecular weight is 235 g/mol. The first-order valence-corrected chi connectivity index (χ1v) is 5.80. The molecule has 1 aliphatic rings. The third-order valence-electron chi connectivity index (χ3n) is 2.53. The summed E-state index contributed by atoms with van der Waals surface area (Å²) in [6, 6.07) is 7.47. The van der Waals surface area contributed by atoms with Crippen molar-refractivity contribution in [3.63, 3.8) is 0 Å². The van der Waals surface area contributed by atoms with Crippen molar-refractivity contribution in [1.29, 1.82) is 0 Å². The SMILES string of the molecule is CC(C)NC(=O)C1Oc2ccccc2OC1C. The highest BCUT2D eigenvalue weighted by molar-refractivity contribution is 5.82. The minimum atomic E-state index is -0.590. The average Bonchev–Trinajstić information content (AvgIpc) is 2.27. The van der Waals surface area contributed by atoms with Crippen molar-refractivity contribution < 1.29 is 14.3 Å². The molecule has 2 unspecified atom stereocenters. The molecule has 1 aromatic rings. The van der Waals surface area contributed by atoms with Gasteiger partial charge in [-0.1, -0.05) is 12.1 Å². The molecule has 0 spiro atoms. The monoisotopic (exact) mass is 235 g/mol. The lowest BCUT2D eigenvalue weighted by Crippen LogP contribution is -2.50. The van der Waals surface area contributed by atoms with Gasteiger partial charge < -0.3 is 14.8 Å². The van der Waals surface area contributed by atoms with E-state index >= 15 is 0 Å². The number of benzene rings is 1. The molecule has 0 saturated carbocycles. The highest BCUT2D eigenvalue weighted by Crippen LogP contribution is 2.33. The Morgan fingerprint density at radius 1 is 1.24 bits per heavy atom. The molecule has 0 radical (unpaired) electrons. The molecule has 0 bridgehead atoms. The van der Waals surface area contributed by atoms with Gasteiger partial charge in [0.25, 0.3) is 5.91 Å². The lowest BCUT2D eigenvalue weighted by atomic mass is 10.1. The minimum Gasteiger partial charge on any atom is -0.482 e. The Kier molecular flexibility index (Phi) is 3.22. The van der Waals surface area contributed by atoms with Crippen molar-refractivity contribution in [2.45, 2.75) is 39.0 Å². The summed E-state index contributed by atoms with van der Waals surface area (Å²) in [5, 5.41) is 2.83. The van der Waals surface area contributed by atoms with Gasteiger partial charge in [-0.3, -0.25) is 4.79 Å². The first-order chi connectivity index (χ1) is 8.08. The smallest absolute Gasteiger partial charge is 0.265 e. The highest BCUT2D eigenvalue weighted by Gasteiger charge is 2.33. The number of nitrogens with one attached hydrogen (secondary N) is 1. The summed E-state index contributed by atoms with van der Waals surface area (Å²) in [6.45, 7) is 5.67. The first kappa shape index (κ1) is 11.8. The predicted molar refractivity (Wildman–Crippen MR) is 64.2 cm³/mol. The number of carbonyl (C=O) groups is 1. The molecule has 1 N–H and O–H groups in total. The second kappa shape index (κ2) is 4.65. The third kappa shape index (κ3) is 2.52. The van der Waals surface area contributed by atoms with Gasteiger partial charge in [-0.15, -0.1) is 0 Å². The summed E-state index contributed by atoms with van der Waals surface area (Å²) < 4.78 is 11.3. The maximum atomic E-state index is 11.9. The van der Waals surface area contributed by atoms with Crippen LogP contribution >= 0.6 is 0 Å². The Labute approximate surface area is 101 Å². The molecule has 1 aliphatic heterocycles. The molecule has 92 valence electrons. The van der Waals surface area contributed by atoms with Crippen LogP contribution in [0.2, 0.25) is 0 Å². The van der Waals surface area contributed by atoms with E-state index in [4.69, 9.17) is 9.47 Å². The van der Waals surface area contributed by atoms with Crippen molar-refractivity contribution in [3.05, 3.63) is 24.3 Å². The van der Waals surface area contributed by atoms with Crippen LogP contribution in [0.5, 0.6) is 11.5 Å². The third-order valence-corrected chi connectivity index (χ3v) is 2.53. The summed E-state index contributed by atoms with van der Waals surface area (Å²) in [5.41, 5.74) is 0. The number of ether oxygens (including phenoxy) is 2. The quantitative estimate of drug-likeness (QED) is 0.849. The second-order valence-electron chi connectivity index (χ2n) is 4.47. The topological polar surface area (TPSA) is 47.6 Å². The Hall–Kier alpha value is -1.71. The predicted octanol–water partition coefficient (Wildman–Crippen LogP) is 1.74. The van der Waals surface area contributed by atoms with E-state index in [0.29, 0.717) is 11.5 Å². The maximum absolute atomic E-state index is 11.9. The summed E-state index contributed by atoms with van der Waals surface area (Å²) in [6.07, 6.45) is -0.879. The van der Waals surface area contributed by atoms with Crippen LogP contribution in [-0.2, 0) is 4.79 Å². The van der Waals surface area contributed by atoms with Crippen LogP contribution < -0.4 is 14.8 Å². The van der Waals surface area contributed by atoms with Gasteiger partial charge in [0.05, 0.1) is 0 Å². The van der Waals surface area contributed by atoms with Crippen molar-refractivity contribution in [2.75, 3.05) is 0 Å². The Morgan fingerprint density at radius 2 is 1.82 bits per heavy atom. The second-order valence-corrected chi connectivity index (χ2v) is 4.47. The van der Waals surface area contributed by atoms with Crippen LogP contribution in [0.4, 0.5) is 0 Å². The zero-order valence-electron chi connectivity index (χ0n) is 10.3. The number of hydrogen-bond acceptors (Lipinski definition) is 3. The van der Waals surface area contributed by atoms with E-state index < -0.39 is 6.10 Å². The van der Waals surface area contributed by atoms with E-state index in [1.807, 2.05) is 39.0 Å². The molecule has 0 aromatic heterocycles. The molecule has 4 nitrogen and oxygen atoms in total. The molecule has 0 fully saturated rings. The number of carbonyl (C=O) groups excluding carboxylic acids is 1. The minimum absolute atomic E-state index is 0.0930. The fraction of sp³-hybridized carbons (Fsp3) is 0.462. The van der Waals surface area contributed by atoms with Crippen molar-refractivity contribution in [3.8, 4) is 11.5 Å². The number of hydrogen-bond donors (Lipinski definition) is 1. The number of rotatable bonds is 2. The van der Waals surface area contributed by atoms with Gasteiger partial charge >= 0.3 is 0 Å². The molecule has 0 aliphatic carbocycles. The highest BCUT2D eigenvalue weighted by atomic mass is 16.6. The van der Waals surface area contributed by atoms with E-state index in [1.165, 1.54) is 0 Å². The molecule has 17 heavy (non-hydrogen) atoms. The van der Waals surface area contributed by atoms with E-state index in [0.717, 1.165) is 0 Å². The zero-order valence-corrected chi connectivity index (χ0v) is 10.3. The van der Waals surface area contributed by atoms with Gasteiger partial charge in [-0.2, -0.15) is 0 Å². The Morgan fingerprint density at radius 3 is 2.41 bits per heavy atom. The fourth-order valence-electron chi connectivity index (χ4n) is 1.77. The van der Waals surface area contributed by atoms with Crippen LogP contribution in [0.15, 0.2) is 24.3 Å². The van der Waals surface area contributed by atoms with E-state index in [1.54, 1.807) is 6.07 Å². The normalized spacial score (nSPS) is 22.4. The largest absolute Gasteiger partial charge is 0.482 e. The van der Waals surface area contributed by atoms with Crippen LogP contribution in [-0.4, -0.2) is 24.2 Å². The Bertz CT molecular complexity index is 417. The van der Waals surface area contributed by atoms with Crippen molar-refractivity contribution >= 4 is 5.91 Å². The summed E-state index contributed by atoms with van der Waals surface area (Å²) in [4.78, 5) is 11.9.